The Hall–Kier alpha value is -7.52. The van der Waals surface area contributed by atoms with Gasteiger partial charge in [-0.2, -0.15) is 0 Å². The smallest absolute Gasteiger partial charge is 0.179 e. The average Bonchev–Trinajstić information content (AvgIpc) is 3.69. The number of hydrogen-bond acceptors (Lipinski definition) is 0. The Morgan fingerprint density at radius 1 is 0.365 bits per heavy atom. The molecule has 2 heteroatoms. The summed E-state index contributed by atoms with van der Waals surface area (Å²) in [7, 11) is -2.69. The maximum absolute atomic E-state index is 2.69. The molecular weight excluding hydrogens is 775 g/mol. The number of benzene rings is 10. The predicted molar refractivity (Wildman–Crippen MR) is 269 cm³/mol. The summed E-state index contributed by atoms with van der Waals surface area (Å²) in [6, 6.07) is 91.2. The molecule has 1 aliphatic rings. The van der Waals surface area contributed by atoms with Gasteiger partial charge in [-0.25, -0.2) is 0 Å². The molecule has 63 heavy (non-hydrogen) atoms. The fraction of sp³-hybridized carbons (Fsp3) is 0.0492. The van der Waals surface area contributed by atoms with E-state index in [0.29, 0.717) is 0 Å². The molecular formula is C61H45NSi. The lowest BCUT2D eigenvalue weighted by atomic mass is 9.69. The zero-order valence-corrected chi connectivity index (χ0v) is 36.2. The minimum absolute atomic E-state index is 0.200. The Kier molecular flexibility index (Phi) is 8.95. The van der Waals surface area contributed by atoms with Gasteiger partial charge in [0.05, 0.1) is 11.0 Å². The number of nitrogens with zero attached hydrogens (tertiary/aromatic N) is 1. The molecule has 0 bridgehead atoms. The second-order valence-corrected chi connectivity index (χ2v) is 21.1. The fourth-order valence-electron chi connectivity index (χ4n) is 11.1. The summed E-state index contributed by atoms with van der Waals surface area (Å²) >= 11 is 0. The van der Waals surface area contributed by atoms with Crippen molar-refractivity contribution in [2.45, 2.75) is 18.8 Å². The van der Waals surface area contributed by atoms with Crippen LogP contribution < -0.4 is 20.7 Å². The first-order valence-corrected chi connectivity index (χ1v) is 24.2. The van der Waals surface area contributed by atoms with Crippen LogP contribution in [0.2, 0.25) is 0 Å². The molecule has 1 heterocycles. The second-order valence-electron chi connectivity index (χ2n) is 17.2. The van der Waals surface area contributed by atoms with Crippen LogP contribution in [0.25, 0.3) is 60.5 Å². The van der Waals surface area contributed by atoms with Crippen molar-refractivity contribution in [3.8, 4) is 27.9 Å². The van der Waals surface area contributed by atoms with Gasteiger partial charge in [-0.15, -0.1) is 0 Å². The summed E-state index contributed by atoms with van der Waals surface area (Å²) in [5.41, 5.74) is 12.9. The Morgan fingerprint density at radius 3 is 1.70 bits per heavy atom. The lowest BCUT2D eigenvalue weighted by Gasteiger charge is -2.37. The summed E-state index contributed by atoms with van der Waals surface area (Å²) in [4.78, 5) is 0. The molecule has 2 atom stereocenters. The Labute approximate surface area is 370 Å². The maximum atomic E-state index is 2.57. The average molecular weight is 820 g/mol. The molecule has 0 saturated heterocycles. The Bertz CT molecular complexity index is 3380. The standard InChI is InChI=1S/C61H45NSi/c1-42-53-36-33-45(46-34-37-60-58(41-46)55-29-15-16-31-59(55)62(60)48-35-32-43-18-11-12-19-44(43)38-48)40-57(53)54-28-13-14-30-56(54)61(42)47-20-17-27-52(39-47)63(49-21-5-2-6-22-49,50-23-7-3-8-24-50)51-25-9-4-10-26-51/h2-42,61H,1H3. The number of fused-ring (bicyclic) bond motifs is 7. The predicted octanol–water partition coefficient (Wildman–Crippen LogP) is 12.9. The number of para-hydroxylation sites is 1. The molecule has 0 aliphatic heterocycles. The molecule has 0 N–H and O–H groups in total. The van der Waals surface area contributed by atoms with Crippen LogP contribution in [0.3, 0.4) is 0 Å². The van der Waals surface area contributed by atoms with Crippen molar-refractivity contribution in [2.75, 3.05) is 0 Å². The fourth-order valence-corrected chi connectivity index (χ4v) is 15.9. The summed E-state index contributed by atoms with van der Waals surface area (Å²) in [5, 5.41) is 10.6. The molecule has 10 aromatic carbocycles. The highest BCUT2D eigenvalue weighted by atomic mass is 28.3. The van der Waals surface area contributed by atoms with E-state index >= 15 is 0 Å². The van der Waals surface area contributed by atoms with Gasteiger partial charge in [0.15, 0.2) is 8.07 Å². The van der Waals surface area contributed by atoms with Gasteiger partial charge in [0.1, 0.15) is 0 Å². The van der Waals surface area contributed by atoms with Gasteiger partial charge in [0.25, 0.3) is 0 Å². The molecule has 0 amide bonds. The van der Waals surface area contributed by atoms with Gasteiger partial charge in [-0.1, -0.05) is 213 Å². The van der Waals surface area contributed by atoms with E-state index in [4.69, 9.17) is 0 Å². The van der Waals surface area contributed by atoms with E-state index in [1.54, 1.807) is 0 Å². The molecule has 0 spiro atoms. The second kappa shape index (κ2) is 15.1. The number of aromatic nitrogens is 1. The van der Waals surface area contributed by atoms with E-state index in [1.165, 1.54) is 98.0 Å². The van der Waals surface area contributed by atoms with Crippen molar-refractivity contribution in [3.63, 3.8) is 0 Å². The van der Waals surface area contributed by atoms with Gasteiger partial charge in [0, 0.05) is 22.4 Å². The van der Waals surface area contributed by atoms with Crippen LogP contribution in [0.5, 0.6) is 0 Å². The van der Waals surface area contributed by atoms with Crippen molar-refractivity contribution in [1.29, 1.82) is 0 Å². The van der Waals surface area contributed by atoms with Gasteiger partial charge >= 0.3 is 0 Å². The van der Waals surface area contributed by atoms with Crippen LogP contribution >= 0.6 is 0 Å². The van der Waals surface area contributed by atoms with Crippen LogP contribution in [0.1, 0.15) is 35.4 Å². The monoisotopic (exact) mass is 819 g/mol. The van der Waals surface area contributed by atoms with E-state index in [2.05, 4.69) is 254 Å². The first-order chi connectivity index (χ1) is 31.2. The van der Waals surface area contributed by atoms with Crippen LogP contribution in [0, 0.1) is 0 Å². The molecule has 12 rings (SSSR count). The van der Waals surface area contributed by atoms with E-state index in [0.717, 1.165) is 0 Å². The largest absolute Gasteiger partial charge is 0.309 e. The van der Waals surface area contributed by atoms with Crippen molar-refractivity contribution >= 4 is 61.4 Å². The van der Waals surface area contributed by atoms with Gasteiger partial charge in [0.2, 0.25) is 0 Å². The highest BCUT2D eigenvalue weighted by molar-refractivity contribution is 7.19. The molecule has 11 aromatic rings. The molecule has 1 nitrogen and oxygen atoms in total. The highest BCUT2D eigenvalue weighted by Gasteiger charge is 2.42. The van der Waals surface area contributed by atoms with Crippen LogP contribution in [0.15, 0.2) is 243 Å². The third-order valence-corrected chi connectivity index (χ3v) is 18.7. The minimum Gasteiger partial charge on any atom is -0.309 e. The first kappa shape index (κ1) is 37.3. The molecule has 0 radical (unpaired) electrons. The van der Waals surface area contributed by atoms with Gasteiger partial charge in [-0.05, 0) is 113 Å². The molecule has 2 unspecified atom stereocenters. The minimum atomic E-state index is -2.69. The summed E-state index contributed by atoms with van der Waals surface area (Å²) < 4.78 is 2.42. The van der Waals surface area contributed by atoms with E-state index in [1.807, 2.05) is 0 Å². The van der Waals surface area contributed by atoms with Crippen molar-refractivity contribution in [1.82, 2.24) is 4.57 Å². The Morgan fingerprint density at radius 2 is 0.952 bits per heavy atom. The van der Waals surface area contributed by atoms with Crippen molar-refractivity contribution in [3.05, 3.63) is 259 Å². The number of hydrogen-bond donors (Lipinski definition) is 0. The normalized spacial score (nSPS) is 14.7. The third-order valence-electron chi connectivity index (χ3n) is 13.9. The van der Waals surface area contributed by atoms with Gasteiger partial charge < -0.3 is 4.57 Å². The quantitative estimate of drug-likeness (QED) is 0.111. The van der Waals surface area contributed by atoms with E-state index in [-0.39, 0.29) is 11.8 Å². The molecule has 1 aliphatic carbocycles. The molecule has 298 valence electrons. The SMILES string of the molecule is CC1c2ccc(-c3ccc4c(c3)c3ccccc3n4-c3ccc4ccccc4c3)cc2-c2ccccc2C1c1cccc([Si](c2ccccc2)(c2ccccc2)c2ccccc2)c1. The van der Waals surface area contributed by atoms with Crippen LogP contribution in [-0.4, -0.2) is 12.6 Å². The summed E-state index contributed by atoms with van der Waals surface area (Å²) in [6.07, 6.45) is 0. The van der Waals surface area contributed by atoms with Crippen LogP contribution in [0.4, 0.5) is 0 Å². The van der Waals surface area contributed by atoms with E-state index < -0.39 is 8.07 Å². The lowest BCUT2D eigenvalue weighted by molar-refractivity contribution is 0.650. The Balaban J connectivity index is 0.973. The highest BCUT2D eigenvalue weighted by Crippen LogP contribution is 2.50. The number of rotatable bonds is 7. The zero-order chi connectivity index (χ0) is 41.9. The van der Waals surface area contributed by atoms with E-state index in [9.17, 15) is 0 Å². The molecule has 1 aromatic heterocycles. The van der Waals surface area contributed by atoms with Crippen LogP contribution in [-0.2, 0) is 0 Å². The van der Waals surface area contributed by atoms with Gasteiger partial charge in [-0.3, -0.25) is 0 Å². The topological polar surface area (TPSA) is 4.93 Å². The third kappa shape index (κ3) is 5.97. The molecule has 0 saturated carbocycles. The molecule has 0 fully saturated rings. The first-order valence-electron chi connectivity index (χ1n) is 22.2. The lowest BCUT2D eigenvalue weighted by Crippen LogP contribution is -2.74. The summed E-state index contributed by atoms with van der Waals surface area (Å²) in [5.74, 6) is 0.467. The van der Waals surface area contributed by atoms with Crippen molar-refractivity contribution in [2.24, 2.45) is 0 Å². The maximum Gasteiger partial charge on any atom is 0.179 e. The summed E-state index contributed by atoms with van der Waals surface area (Å²) in [6.45, 7) is 2.44. The van der Waals surface area contributed by atoms with Crippen molar-refractivity contribution < 1.29 is 0 Å². The zero-order valence-electron chi connectivity index (χ0n) is 35.2.